The number of piperidine rings is 2. The molecule has 140 valence electrons. The van der Waals surface area contributed by atoms with Crippen LogP contribution < -0.4 is 11.3 Å². The normalized spacial score (nSPS) is 18.2. The van der Waals surface area contributed by atoms with Crippen molar-refractivity contribution in [3.05, 3.63) is 0 Å². The van der Waals surface area contributed by atoms with Crippen molar-refractivity contribution >= 4 is 30.3 Å². The van der Waals surface area contributed by atoms with Crippen LogP contribution in [0.1, 0.15) is 59.3 Å². The first-order valence-corrected chi connectivity index (χ1v) is 8.04. The van der Waals surface area contributed by atoms with Gasteiger partial charge >= 0.3 is 6.09 Å². The van der Waals surface area contributed by atoms with Crippen molar-refractivity contribution in [1.82, 2.24) is 15.4 Å². The second kappa shape index (κ2) is 10.4. The maximum Gasteiger partial charge on any atom is 0.426 e. The second-order valence-electron chi connectivity index (χ2n) is 6.66. The van der Waals surface area contributed by atoms with E-state index >= 15 is 0 Å². The lowest BCUT2D eigenvalue weighted by molar-refractivity contribution is -0.136. The molecule has 0 aromatic carbocycles. The minimum Gasteiger partial charge on any atom is -0.443 e. The largest absolute Gasteiger partial charge is 0.443 e. The third kappa shape index (κ3) is 8.93. The van der Waals surface area contributed by atoms with Crippen molar-refractivity contribution in [3.8, 4) is 0 Å². The smallest absolute Gasteiger partial charge is 0.426 e. The van der Waals surface area contributed by atoms with Crippen LogP contribution in [-0.4, -0.2) is 46.6 Å². The highest BCUT2D eigenvalue weighted by molar-refractivity contribution is 5.85. The summed E-state index contributed by atoms with van der Waals surface area (Å²) in [5.41, 5.74) is 1.91. The van der Waals surface area contributed by atoms with Gasteiger partial charge in [-0.25, -0.2) is 16.1 Å². The summed E-state index contributed by atoms with van der Waals surface area (Å²) in [4.78, 5) is 33.3. The van der Waals surface area contributed by atoms with Crippen molar-refractivity contribution in [2.24, 2.45) is 5.84 Å². The molecule has 0 atom stereocenters. The number of carbonyl (C=O) groups excluding carboxylic acids is 3. The molecule has 0 spiro atoms. The Morgan fingerprint density at radius 3 is 2.00 bits per heavy atom. The fourth-order valence-electron chi connectivity index (χ4n) is 2.16. The molecule has 24 heavy (non-hydrogen) atoms. The molecule has 2 saturated heterocycles. The summed E-state index contributed by atoms with van der Waals surface area (Å²) in [5.74, 6) is 5.29. The van der Waals surface area contributed by atoms with Crippen molar-refractivity contribution in [2.45, 2.75) is 64.9 Å². The predicted octanol–water partition coefficient (Wildman–Crippen LogP) is 1.73. The summed E-state index contributed by atoms with van der Waals surface area (Å²) < 4.78 is 5.04. The van der Waals surface area contributed by atoms with E-state index in [-0.39, 0.29) is 24.2 Å². The Morgan fingerprint density at radius 2 is 1.58 bits per heavy atom. The minimum absolute atomic E-state index is 0. The number of hydrazine groups is 2. The van der Waals surface area contributed by atoms with E-state index in [1.54, 1.807) is 20.8 Å². The van der Waals surface area contributed by atoms with Crippen LogP contribution in [-0.2, 0) is 14.3 Å². The molecular formula is C15H29ClN4O4. The molecule has 2 aliphatic rings. The van der Waals surface area contributed by atoms with E-state index in [0.717, 1.165) is 32.2 Å². The molecule has 9 heteroatoms. The van der Waals surface area contributed by atoms with Crippen molar-refractivity contribution in [3.63, 3.8) is 0 Å². The number of hydrogen-bond acceptors (Lipinski definition) is 5. The summed E-state index contributed by atoms with van der Waals surface area (Å²) in [7, 11) is 0. The molecule has 3 amide bonds. The number of halogens is 1. The number of hydrogen-bond donors (Lipinski definition) is 2. The zero-order valence-corrected chi connectivity index (χ0v) is 15.5. The first kappa shape index (κ1) is 22.5. The molecule has 2 aliphatic heterocycles. The van der Waals surface area contributed by atoms with Gasteiger partial charge in [0.2, 0.25) is 11.8 Å². The average molecular weight is 365 g/mol. The van der Waals surface area contributed by atoms with E-state index in [1.807, 2.05) is 0 Å². The number of carbonyl (C=O) groups is 3. The highest BCUT2D eigenvalue weighted by Crippen LogP contribution is 2.10. The quantitative estimate of drug-likeness (QED) is 0.544. The first-order valence-electron chi connectivity index (χ1n) is 8.04. The van der Waals surface area contributed by atoms with Gasteiger partial charge in [-0.2, -0.15) is 0 Å². The summed E-state index contributed by atoms with van der Waals surface area (Å²) in [6.45, 7) is 6.65. The van der Waals surface area contributed by atoms with Crippen LogP contribution >= 0.6 is 12.4 Å². The molecule has 0 bridgehead atoms. The number of nitrogens with zero attached hydrogens (tertiary/aromatic N) is 2. The average Bonchev–Trinajstić information content (AvgIpc) is 2.43. The lowest BCUT2D eigenvalue weighted by atomic mass is 10.1. The van der Waals surface area contributed by atoms with Gasteiger partial charge < -0.3 is 4.74 Å². The van der Waals surface area contributed by atoms with E-state index in [2.05, 4.69) is 5.43 Å². The van der Waals surface area contributed by atoms with Gasteiger partial charge in [0.15, 0.2) is 0 Å². The van der Waals surface area contributed by atoms with Crippen LogP contribution in [0.5, 0.6) is 0 Å². The van der Waals surface area contributed by atoms with Crippen LogP contribution in [0.25, 0.3) is 0 Å². The Balaban J connectivity index is 0.000000498. The molecule has 0 unspecified atom stereocenters. The van der Waals surface area contributed by atoms with Gasteiger partial charge in [-0.05, 0) is 46.5 Å². The fraction of sp³-hybridized carbons (Fsp3) is 0.800. The van der Waals surface area contributed by atoms with Crippen molar-refractivity contribution < 1.29 is 19.1 Å². The third-order valence-electron chi connectivity index (χ3n) is 3.31. The molecule has 8 nitrogen and oxygen atoms in total. The highest BCUT2D eigenvalue weighted by Gasteiger charge is 2.23. The predicted molar refractivity (Wildman–Crippen MR) is 91.9 cm³/mol. The van der Waals surface area contributed by atoms with E-state index in [4.69, 9.17) is 10.6 Å². The molecule has 0 aromatic heterocycles. The van der Waals surface area contributed by atoms with Crippen LogP contribution in [0.4, 0.5) is 4.79 Å². The molecule has 2 rings (SSSR count). The number of rotatable bonds is 1. The maximum atomic E-state index is 11.4. The zero-order chi connectivity index (χ0) is 17.5. The van der Waals surface area contributed by atoms with E-state index in [1.165, 1.54) is 10.0 Å². The molecule has 0 saturated carbocycles. The Kier molecular flexibility index (Phi) is 9.69. The van der Waals surface area contributed by atoms with Crippen LogP contribution in [0, 0.1) is 0 Å². The molecule has 2 heterocycles. The molecule has 2 fully saturated rings. The van der Waals surface area contributed by atoms with Crippen molar-refractivity contribution in [1.29, 1.82) is 0 Å². The number of ether oxygens (including phenoxy) is 1. The van der Waals surface area contributed by atoms with Gasteiger partial charge in [-0.15, -0.1) is 12.4 Å². The Morgan fingerprint density at radius 1 is 1.04 bits per heavy atom. The zero-order valence-electron chi connectivity index (χ0n) is 14.7. The molecule has 0 aromatic rings. The van der Waals surface area contributed by atoms with Gasteiger partial charge in [0, 0.05) is 25.9 Å². The monoisotopic (exact) mass is 364 g/mol. The number of nitrogens with two attached hydrogens (primary N) is 1. The fourth-order valence-corrected chi connectivity index (χ4v) is 2.16. The van der Waals surface area contributed by atoms with E-state index < -0.39 is 11.7 Å². The minimum atomic E-state index is -0.572. The van der Waals surface area contributed by atoms with Crippen LogP contribution in [0.3, 0.4) is 0 Å². The molecular weight excluding hydrogens is 336 g/mol. The lowest BCUT2D eigenvalue weighted by Crippen LogP contribution is -2.49. The summed E-state index contributed by atoms with van der Waals surface area (Å²) in [5, 5.41) is 2.63. The molecule has 3 N–H and O–H groups in total. The third-order valence-corrected chi connectivity index (χ3v) is 3.31. The van der Waals surface area contributed by atoms with E-state index in [0.29, 0.717) is 19.4 Å². The molecule has 0 aliphatic carbocycles. The number of amides is 3. The summed E-state index contributed by atoms with van der Waals surface area (Å²) in [6, 6.07) is 0. The summed E-state index contributed by atoms with van der Waals surface area (Å²) >= 11 is 0. The Hall–Kier alpha value is -1.54. The number of nitrogens with one attached hydrogen (secondary N) is 1. The topological polar surface area (TPSA) is 105 Å². The van der Waals surface area contributed by atoms with Gasteiger partial charge in [0.1, 0.15) is 5.60 Å². The Labute approximate surface area is 149 Å². The SMILES string of the molecule is CC(C)(C)OC(=O)NN1CCCCC1=O.Cl.NN1CCCCC1=O. The lowest BCUT2D eigenvalue weighted by Gasteiger charge is -2.28. The van der Waals surface area contributed by atoms with Crippen LogP contribution in [0.2, 0.25) is 0 Å². The Bertz CT molecular complexity index is 440. The summed E-state index contributed by atoms with van der Waals surface area (Å²) in [6.07, 6.45) is 4.44. The van der Waals surface area contributed by atoms with Crippen molar-refractivity contribution in [2.75, 3.05) is 13.1 Å². The van der Waals surface area contributed by atoms with Gasteiger partial charge in [0.05, 0.1) is 0 Å². The van der Waals surface area contributed by atoms with Gasteiger partial charge in [0.25, 0.3) is 0 Å². The van der Waals surface area contributed by atoms with E-state index in [9.17, 15) is 14.4 Å². The van der Waals surface area contributed by atoms with Gasteiger partial charge in [-0.1, -0.05) is 0 Å². The van der Waals surface area contributed by atoms with Gasteiger partial charge in [-0.3, -0.25) is 19.6 Å². The highest BCUT2D eigenvalue weighted by atomic mass is 35.5. The van der Waals surface area contributed by atoms with Crippen LogP contribution in [0.15, 0.2) is 0 Å². The maximum absolute atomic E-state index is 11.4. The standard InChI is InChI=1S/C10H18N2O3.C5H10N2O.ClH/c1-10(2,3)15-9(14)11-12-7-5-4-6-8(12)13;6-7-4-2-1-3-5(7)8;/h4-7H2,1-3H3,(H,11,14);1-4,6H2;1H. The molecule has 0 radical (unpaired) electrons. The first-order chi connectivity index (χ1) is 10.7. The second-order valence-corrected chi connectivity index (χ2v) is 6.66.